The Hall–Kier alpha value is -1.27. The van der Waals surface area contributed by atoms with Crippen LogP contribution in [0.5, 0.6) is 0 Å². The predicted octanol–water partition coefficient (Wildman–Crippen LogP) is 5.67. The van der Waals surface area contributed by atoms with Gasteiger partial charge in [0, 0.05) is 69.4 Å². The van der Waals surface area contributed by atoms with Crippen molar-refractivity contribution in [2.45, 2.75) is 112 Å². The van der Waals surface area contributed by atoms with Gasteiger partial charge in [-0.25, -0.2) is 9.59 Å². The summed E-state index contributed by atoms with van der Waals surface area (Å²) in [6.45, 7) is 24.4. The van der Waals surface area contributed by atoms with Crippen molar-refractivity contribution in [3.05, 3.63) is 0 Å². The molecule has 0 aliphatic heterocycles. The Morgan fingerprint density at radius 2 is 1.18 bits per heavy atom. The van der Waals surface area contributed by atoms with Crippen LogP contribution < -0.4 is 5.32 Å². The summed E-state index contributed by atoms with van der Waals surface area (Å²) in [7, 11) is -5.56. The van der Waals surface area contributed by atoms with Crippen LogP contribution in [0.1, 0.15) is 89.0 Å². The molecule has 240 valence electrons. The molecule has 3 N–H and O–H groups in total. The van der Waals surface area contributed by atoms with Crippen molar-refractivity contribution in [2.24, 2.45) is 0 Å². The zero-order chi connectivity index (χ0) is 31.4. The van der Waals surface area contributed by atoms with Gasteiger partial charge in [0.15, 0.2) is 0 Å². The highest BCUT2D eigenvalue weighted by Crippen LogP contribution is 2.32. The van der Waals surface area contributed by atoms with E-state index >= 15 is 0 Å². The summed E-state index contributed by atoms with van der Waals surface area (Å²) in [6.07, 6.45) is -0.555. The molecule has 2 amide bonds. The van der Waals surface area contributed by atoms with Crippen LogP contribution in [0.3, 0.4) is 0 Å². The third-order valence-electron chi connectivity index (χ3n) is 5.88. The first-order valence-corrected chi connectivity index (χ1v) is 18.3. The number of hydrogen-bond acceptors (Lipinski definition) is 8. The lowest BCUT2D eigenvalue weighted by Crippen LogP contribution is -2.56. The van der Waals surface area contributed by atoms with E-state index in [2.05, 4.69) is 5.32 Å². The number of carbonyl (C=O) groups is 2. The lowest BCUT2D eigenvalue weighted by atomic mass is 10.1. The fourth-order valence-corrected chi connectivity index (χ4v) is 10.3. The van der Waals surface area contributed by atoms with Gasteiger partial charge in [-0.3, -0.25) is 0 Å². The van der Waals surface area contributed by atoms with Gasteiger partial charge >= 0.3 is 29.8 Å². The zero-order valence-electron chi connectivity index (χ0n) is 26.8. The van der Waals surface area contributed by atoms with Crippen molar-refractivity contribution in [3.8, 4) is 0 Å². The van der Waals surface area contributed by atoms with Crippen LogP contribution in [0.15, 0.2) is 0 Å². The molecule has 0 saturated carbocycles. The van der Waals surface area contributed by atoms with E-state index in [0.717, 1.165) is 6.42 Å². The standard InChI is InChI=1S/C14H31NO5Si.C12H27NO5Si/c1-7-18-21(19-8-2,20-9-3)12-10-11-15(13(16)17)14(4,5)6;1-6-11(10(5)13-12(14)15)19(16-7-2,17-8-3)18-9-4/h7-12H2,1-6H3,(H,16,17);10-11,13H,6-9H2,1-5H3,(H,14,15). The zero-order valence-corrected chi connectivity index (χ0v) is 28.8. The molecule has 0 spiro atoms. The van der Waals surface area contributed by atoms with Crippen LogP contribution in [0, 0.1) is 0 Å². The summed E-state index contributed by atoms with van der Waals surface area (Å²) in [5.74, 6) is 0. The van der Waals surface area contributed by atoms with Crippen LogP contribution >= 0.6 is 0 Å². The molecular formula is C26H58N2O10Si2. The molecule has 2 unspecified atom stereocenters. The normalized spacial score (nSPS) is 13.7. The Balaban J connectivity index is 0. The van der Waals surface area contributed by atoms with Gasteiger partial charge in [-0.15, -0.1) is 0 Å². The predicted molar refractivity (Wildman–Crippen MR) is 160 cm³/mol. The Morgan fingerprint density at radius 1 is 0.775 bits per heavy atom. The lowest BCUT2D eigenvalue weighted by molar-refractivity contribution is 0.0563. The molecule has 0 aromatic heterocycles. The summed E-state index contributed by atoms with van der Waals surface area (Å²) < 4.78 is 34.8. The fourth-order valence-electron chi connectivity index (χ4n) is 4.43. The third kappa shape index (κ3) is 15.1. The minimum absolute atomic E-state index is 0.0940. The van der Waals surface area contributed by atoms with Gasteiger partial charge in [-0.2, -0.15) is 0 Å². The largest absolute Gasteiger partial charge is 0.506 e. The average molecular weight is 615 g/mol. The first-order chi connectivity index (χ1) is 18.7. The Kier molecular flexibility index (Phi) is 21.9. The molecule has 0 fully saturated rings. The van der Waals surface area contributed by atoms with Gasteiger partial charge in [0.1, 0.15) is 0 Å². The second-order valence-corrected chi connectivity index (χ2v) is 15.4. The monoisotopic (exact) mass is 614 g/mol. The second kappa shape index (κ2) is 21.4. The van der Waals surface area contributed by atoms with E-state index in [4.69, 9.17) is 31.7 Å². The SMILES string of the molecule is CCO[Si](CCCN(C(=O)O)C(C)(C)C)(OCC)OCC.CCO[Si](OCC)(OCC)C(CC)C(C)NC(=O)O. The van der Waals surface area contributed by atoms with E-state index in [1.807, 2.05) is 76.2 Å². The van der Waals surface area contributed by atoms with Gasteiger partial charge in [0.25, 0.3) is 0 Å². The first-order valence-electron chi connectivity index (χ1n) is 14.5. The third-order valence-corrected chi connectivity index (χ3v) is 12.9. The molecule has 0 saturated heterocycles. The highest BCUT2D eigenvalue weighted by atomic mass is 28.4. The van der Waals surface area contributed by atoms with Gasteiger partial charge in [-0.1, -0.05) is 6.92 Å². The molecule has 0 bridgehead atoms. The van der Waals surface area contributed by atoms with Crippen LogP contribution in [0.2, 0.25) is 11.6 Å². The lowest BCUT2D eigenvalue weighted by Gasteiger charge is -2.37. The molecule has 40 heavy (non-hydrogen) atoms. The van der Waals surface area contributed by atoms with Crippen molar-refractivity contribution >= 4 is 29.8 Å². The quantitative estimate of drug-likeness (QED) is 0.147. The highest BCUT2D eigenvalue weighted by Gasteiger charge is 2.51. The summed E-state index contributed by atoms with van der Waals surface area (Å²) >= 11 is 0. The number of nitrogens with zero attached hydrogens (tertiary/aromatic N) is 1. The van der Waals surface area contributed by atoms with E-state index in [1.54, 1.807) is 0 Å². The van der Waals surface area contributed by atoms with Crippen LogP contribution in [0.25, 0.3) is 0 Å². The topological polar surface area (TPSA) is 145 Å². The molecule has 0 aromatic carbocycles. The summed E-state index contributed by atoms with van der Waals surface area (Å²) in [5, 5.41) is 20.6. The highest BCUT2D eigenvalue weighted by molar-refractivity contribution is 6.62. The van der Waals surface area contributed by atoms with E-state index in [1.165, 1.54) is 4.90 Å². The number of hydrogen-bond donors (Lipinski definition) is 3. The van der Waals surface area contributed by atoms with Gasteiger partial charge in [0.05, 0.1) is 0 Å². The van der Waals surface area contributed by atoms with Crippen LogP contribution in [-0.2, 0) is 26.6 Å². The molecule has 14 heteroatoms. The van der Waals surface area contributed by atoms with E-state index < -0.39 is 35.3 Å². The molecule has 0 radical (unpaired) electrons. The van der Waals surface area contributed by atoms with E-state index in [0.29, 0.717) is 58.7 Å². The van der Waals surface area contributed by atoms with Crippen molar-refractivity contribution in [1.29, 1.82) is 0 Å². The van der Waals surface area contributed by atoms with Gasteiger partial charge < -0.3 is 47.0 Å². The number of nitrogens with one attached hydrogen (secondary N) is 1. The van der Waals surface area contributed by atoms with E-state index in [-0.39, 0.29) is 11.6 Å². The molecule has 2 atom stereocenters. The Morgan fingerprint density at radius 3 is 1.45 bits per heavy atom. The maximum absolute atomic E-state index is 11.3. The molecular weight excluding hydrogens is 556 g/mol. The number of rotatable bonds is 20. The summed E-state index contributed by atoms with van der Waals surface area (Å²) in [6, 6.07) is 0.348. The van der Waals surface area contributed by atoms with Crippen molar-refractivity contribution in [3.63, 3.8) is 0 Å². The maximum Gasteiger partial charge on any atom is 0.506 e. The van der Waals surface area contributed by atoms with Crippen LogP contribution in [-0.4, -0.2) is 103 Å². The molecule has 12 nitrogen and oxygen atoms in total. The molecule has 0 aliphatic rings. The fraction of sp³-hybridized carbons (Fsp3) is 0.923. The van der Waals surface area contributed by atoms with E-state index in [9.17, 15) is 14.7 Å². The number of amides is 2. The number of carboxylic acid groups (broad SMARTS) is 2. The molecule has 0 rings (SSSR count). The van der Waals surface area contributed by atoms with Crippen molar-refractivity contribution < 1.29 is 46.4 Å². The van der Waals surface area contributed by atoms with Crippen LogP contribution in [0.4, 0.5) is 9.59 Å². The van der Waals surface area contributed by atoms with Gasteiger partial charge in [0.2, 0.25) is 0 Å². The molecule has 0 aromatic rings. The summed E-state index contributed by atoms with van der Waals surface area (Å²) in [5.41, 5.74) is -0.512. The minimum atomic E-state index is -2.88. The molecule has 0 aliphatic carbocycles. The second-order valence-electron chi connectivity index (χ2n) is 9.85. The van der Waals surface area contributed by atoms with Gasteiger partial charge in [-0.05, 0) is 82.1 Å². The smallest absolute Gasteiger partial charge is 0.465 e. The van der Waals surface area contributed by atoms with Crippen molar-refractivity contribution in [1.82, 2.24) is 10.2 Å². The average Bonchev–Trinajstić information content (AvgIpc) is 2.82. The molecule has 0 heterocycles. The maximum atomic E-state index is 11.3. The first kappa shape index (κ1) is 40.9. The Bertz CT molecular complexity index is 648. The minimum Gasteiger partial charge on any atom is -0.465 e. The summed E-state index contributed by atoms with van der Waals surface area (Å²) in [4.78, 5) is 23.6. The Labute approximate surface area is 244 Å². The van der Waals surface area contributed by atoms with Crippen molar-refractivity contribution in [2.75, 3.05) is 46.2 Å².